The summed E-state index contributed by atoms with van der Waals surface area (Å²) in [5.74, 6) is 0.383. The van der Waals surface area contributed by atoms with E-state index in [1.54, 1.807) is 12.2 Å². The van der Waals surface area contributed by atoms with Crippen molar-refractivity contribution in [2.45, 2.75) is 45.6 Å². The minimum absolute atomic E-state index is 0.00969. The van der Waals surface area contributed by atoms with Gasteiger partial charge in [-0.1, -0.05) is 25.5 Å². The second-order valence-corrected chi connectivity index (χ2v) is 9.55. The van der Waals surface area contributed by atoms with E-state index in [0.29, 0.717) is 6.42 Å². The quantitative estimate of drug-likeness (QED) is 0.698. The molecule has 0 saturated heterocycles. The molecule has 0 radical (unpaired) electrons. The summed E-state index contributed by atoms with van der Waals surface area (Å²) in [5.41, 5.74) is 5.92. The maximum absolute atomic E-state index is 12.7. The number of hydrogen-bond donors (Lipinski definition) is 3. The lowest BCUT2D eigenvalue weighted by Crippen LogP contribution is -2.58. The van der Waals surface area contributed by atoms with Gasteiger partial charge in [-0.3, -0.25) is 9.59 Å². The molecule has 0 spiro atoms. The van der Waals surface area contributed by atoms with Gasteiger partial charge in [-0.2, -0.15) is 0 Å². The van der Waals surface area contributed by atoms with Crippen LogP contribution in [-0.4, -0.2) is 41.0 Å². The Morgan fingerprint density at radius 3 is 2.81 bits per heavy atom. The van der Waals surface area contributed by atoms with Crippen LogP contribution >= 0.6 is 0 Å². The van der Waals surface area contributed by atoms with Gasteiger partial charge >= 0.3 is 0 Å². The zero-order valence-electron chi connectivity index (χ0n) is 16.2. The van der Waals surface area contributed by atoms with Gasteiger partial charge in [0.05, 0.1) is 12.6 Å². The number of carbonyl (C=O) groups excluding carboxylic acids is 2. The second-order valence-electron chi connectivity index (χ2n) is 9.55. The smallest absolute Gasteiger partial charge is 0.178 e. The Morgan fingerprint density at radius 1 is 1.41 bits per heavy atom. The van der Waals surface area contributed by atoms with Crippen LogP contribution in [0.2, 0.25) is 0 Å². The topological polar surface area (TPSA) is 101 Å². The summed E-state index contributed by atoms with van der Waals surface area (Å²) in [7, 11) is 0. The van der Waals surface area contributed by atoms with Crippen molar-refractivity contribution in [2.24, 2.45) is 46.2 Å². The predicted molar refractivity (Wildman–Crippen MR) is 102 cm³/mol. The number of ketones is 2. The number of Topliss-reactive ketones (excluding diaryl/α,β-unsaturated/α-hetero) is 1. The van der Waals surface area contributed by atoms with Crippen LogP contribution < -0.4 is 5.73 Å². The molecular weight excluding hydrogens is 342 g/mol. The van der Waals surface area contributed by atoms with E-state index in [9.17, 15) is 19.8 Å². The van der Waals surface area contributed by atoms with Crippen molar-refractivity contribution in [1.29, 1.82) is 0 Å². The standard InChI is InChI=1S/C22H31NO4/c1-12-7-16-15-4-3-13-8-14(25)5-6-21(13,2)20(15)17(26)9-22(16,11-24)19(12)18(27)10-23/h5-6,8,12,15-17,19-20,24,26H,3-4,7,9-11,23H2,1-2H3/t12-,15?,16?,17?,19-,20?,21?,22-/m1/s1. The molecule has 27 heavy (non-hydrogen) atoms. The number of rotatable bonds is 3. The van der Waals surface area contributed by atoms with Gasteiger partial charge in [0.2, 0.25) is 0 Å². The minimum Gasteiger partial charge on any atom is -0.396 e. The highest BCUT2D eigenvalue weighted by molar-refractivity contribution is 6.01. The molecule has 4 aliphatic rings. The molecule has 0 aromatic heterocycles. The summed E-state index contributed by atoms with van der Waals surface area (Å²) in [6, 6.07) is 0. The third-order valence-corrected chi connectivity index (χ3v) is 8.42. The predicted octanol–water partition coefficient (Wildman–Crippen LogP) is 1.63. The highest BCUT2D eigenvalue weighted by Crippen LogP contribution is 2.67. The summed E-state index contributed by atoms with van der Waals surface area (Å²) in [6.45, 7) is 4.13. The van der Waals surface area contributed by atoms with Gasteiger partial charge < -0.3 is 15.9 Å². The van der Waals surface area contributed by atoms with Gasteiger partial charge in [0.1, 0.15) is 5.78 Å². The molecule has 8 atom stereocenters. The zero-order valence-corrected chi connectivity index (χ0v) is 16.2. The van der Waals surface area contributed by atoms with Gasteiger partial charge in [0.25, 0.3) is 0 Å². The number of fused-ring (bicyclic) bond motifs is 5. The van der Waals surface area contributed by atoms with Crippen LogP contribution in [0.3, 0.4) is 0 Å². The van der Waals surface area contributed by atoms with Crippen LogP contribution in [-0.2, 0) is 9.59 Å². The molecule has 5 unspecified atom stereocenters. The summed E-state index contributed by atoms with van der Waals surface area (Å²) in [6.07, 6.45) is 7.80. The Balaban J connectivity index is 1.76. The number of allylic oxidation sites excluding steroid dienone is 4. The number of aliphatic hydroxyl groups excluding tert-OH is 2. The van der Waals surface area contributed by atoms with E-state index in [1.165, 1.54) is 0 Å². The molecule has 4 rings (SSSR count). The van der Waals surface area contributed by atoms with Crippen LogP contribution in [0, 0.1) is 40.4 Å². The fourth-order valence-electron chi connectivity index (χ4n) is 7.50. The first-order valence-electron chi connectivity index (χ1n) is 10.2. The average Bonchev–Trinajstić information content (AvgIpc) is 2.93. The molecule has 5 nitrogen and oxygen atoms in total. The Kier molecular flexibility index (Phi) is 4.48. The van der Waals surface area contributed by atoms with E-state index in [1.807, 2.05) is 6.08 Å². The van der Waals surface area contributed by atoms with E-state index in [2.05, 4.69) is 13.8 Å². The van der Waals surface area contributed by atoms with Gasteiger partial charge in [0, 0.05) is 29.3 Å². The van der Waals surface area contributed by atoms with Crippen molar-refractivity contribution >= 4 is 11.6 Å². The molecule has 0 aromatic rings. The Labute approximate surface area is 160 Å². The number of hydrogen-bond acceptors (Lipinski definition) is 5. The minimum atomic E-state index is -0.608. The van der Waals surface area contributed by atoms with Crippen molar-refractivity contribution in [1.82, 2.24) is 0 Å². The van der Waals surface area contributed by atoms with Crippen LogP contribution in [0.4, 0.5) is 0 Å². The van der Waals surface area contributed by atoms with Crippen LogP contribution in [0.15, 0.2) is 23.8 Å². The lowest BCUT2D eigenvalue weighted by Gasteiger charge is -2.59. The Hall–Kier alpha value is -1.30. The van der Waals surface area contributed by atoms with Gasteiger partial charge in [-0.15, -0.1) is 0 Å². The largest absolute Gasteiger partial charge is 0.396 e. The summed E-state index contributed by atoms with van der Waals surface area (Å²) < 4.78 is 0. The van der Waals surface area contributed by atoms with E-state index < -0.39 is 11.5 Å². The average molecular weight is 373 g/mol. The summed E-state index contributed by atoms with van der Waals surface area (Å²) >= 11 is 0. The highest BCUT2D eigenvalue weighted by atomic mass is 16.3. The van der Waals surface area contributed by atoms with Gasteiger partial charge in [-0.25, -0.2) is 0 Å². The highest BCUT2D eigenvalue weighted by Gasteiger charge is 2.65. The van der Waals surface area contributed by atoms with E-state index in [-0.39, 0.29) is 59.7 Å². The molecule has 0 heterocycles. The Morgan fingerprint density at radius 2 is 2.15 bits per heavy atom. The van der Waals surface area contributed by atoms with E-state index in [4.69, 9.17) is 5.73 Å². The number of carbonyl (C=O) groups is 2. The van der Waals surface area contributed by atoms with Crippen molar-refractivity contribution in [3.63, 3.8) is 0 Å². The first-order valence-corrected chi connectivity index (χ1v) is 10.2. The number of aliphatic hydroxyl groups is 2. The molecule has 0 bridgehead atoms. The molecule has 4 aliphatic carbocycles. The van der Waals surface area contributed by atoms with Crippen molar-refractivity contribution < 1.29 is 19.8 Å². The zero-order chi connectivity index (χ0) is 19.6. The molecule has 5 heteroatoms. The van der Waals surface area contributed by atoms with Crippen LogP contribution in [0.5, 0.6) is 0 Å². The van der Waals surface area contributed by atoms with Crippen LogP contribution in [0.1, 0.15) is 39.5 Å². The van der Waals surface area contributed by atoms with Gasteiger partial charge in [0.15, 0.2) is 5.78 Å². The summed E-state index contributed by atoms with van der Waals surface area (Å²) in [5, 5.41) is 21.7. The molecule has 3 saturated carbocycles. The molecular formula is C22H31NO4. The Bertz CT molecular complexity index is 728. The molecule has 0 aromatic carbocycles. The molecule has 148 valence electrons. The normalized spacial score (nSPS) is 48.5. The van der Waals surface area contributed by atoms with Crippen molar-refractivity contribution in [3.8, 4) is 0 Å². The third-order valence-electron chi connectivity index (χ3n) is 8.42. The SMILES string of the molecule is C[C@@H]1CC2C3CCC4=CC(=O)C=CC4(C)C3C(O)C[C@]2(CO)[C@H]1C(=O)CN. The molecule has 0 amide bonds. The van der Waals surface area contributed by atoms with Crippen molar-refractivity contribution in [2.75, 3.05) is 13.2 Å². The maximum Gasteiger partial charge on any atom is 0.178 e. The number of nitrogens with two attached hydrogens (primary N) is 1. The molecule has 4 N–H and O–H groups in total. The summed E-state index contributed by atoms with van der Waals surface area (Å²) in [4.78, 5) is 24.5. The van der Waals surface area contributed by atoms with Crippen LogP contribution in [0.25, 0.3) is 0 Å². The van der Waals surface area contributed by atoms with E-state index >= 15 is 0 Å². The monoisotopic (exact) mass is 373 g/mol. The third kappa shape index (κ3) is 2.48. The first kappa shape index (κ1) is 19.0. The van der Waals surface area contributed by atoms with E-state index in [0.717, 1.165) is 24.8 Å². The fourth-order valence-corrected chi connectivity index (χ4v) is 7.50. The lowest BCUT2D eigenvalue weighted by molar-refractivity contribution is -0.151. The molecule has 3 fully saturated rings. The lowest BCUT2D eigenvalue weighted by atomic mass is 9.46. The second kappa shape index (κ2) is 6.36. The maximum atomic E-state index is 12.7. The fraction of sp³-hybridized carbons (Fsp3) is 0.727. The van der Waals surface area contributed by atoms with Crippen molar-refractivity contribution in [3.05, 3.63) is 23.8 Å². The van der Waals surface area contributed by atoms with Gasteiger partial charge in [-0.05, 0) is 55.6 Å². The first-order chi connectivity index (χ1) is 12.8. The molecule has 0 aliphatic heterocycles.